The maximum Gasteiger partial charge on any atom is 0.407 e. The van der Waals surface area contributed by atoms with E-state index in [1.54, 1.807) is 41.5 Å². The molecule has 56 heavy (non-hydrogen) atoms. The molecule has 0 aliphatic carbocycles. The summed E-state index contributed by atoms with van der Waals surface area (Å²) in [7, 11) is 0. The van der Waals surface area contributed by atoms with Crippen LogP contribution in [0.1, 0.15) is 60.8 Å². The number of rotatable bonds is 38. The number of ether oxygens (including phenoxy) is 12. The average molecular weight is 809 g/mol. The van der Waals surface area contributed by atoms with Gasteiger partial charge in [-0.15, -0.1) is 6.42 Å². The smallest absolute Gasteiger partial charge is 0.407 e. The van der Waals surface area contributed by atoms with Gasteiger partial charge in [0, 0.05) is 38.6 Å². The Hall–Kier alpha value is -2.63. The van der Waals surface area contributed by atoms with Gasteiger partial charge in [-0.05, 0) is 54.4 Å². The normalized spacial score (nSPS) is 11.8. The van der Waals surface area contributed by atoms with Gasteiger partial charge in [0.15, 0.2) is 0 Å². The van der Waals surface area contributed by atoms with Crippen molar-refractivity contribution < 1.29 is 71.2 Å². The molecule has 0 aliphatic heterocycles. The van der Waals surface area contributed by atoms with Crippen LogP contribution in [0, 0.1) is 18.3 Å². The van der Waals surface area contributed by atoms with Crippen LogP contribution in [0.5, 0.6) is 0 Å². The molecular weight excluding hydrogens is 736 g/mol. The second-order valence-electron chi connectivity index (χ2n) is 14.1. The Morgan fingerprint density at radius 1 is 0.464 bits per heavy atom. The van der Waals surface area contributed by atoms with E-state index in [9.17, 15) is 14.4 Å². The van der Waals surface area contributed by atoms with Crippen molar-refractivity contribution in [1.29, 1.82) is 0 Å². The Kier molecular flexibility index (Phi) is 35.0. The third kappa shape index (κ3) is 41.0. The molecule has 0 rings (SSSR count). The van der Waals surface area contributed by atoms with Gasteiger partial charge in [0.05, 0.1) is 112 Å². The summed E-state index contributed by atoms with van der Waals surface area (Å²) >= 11 is 0. The van der Waals surface area contributed by atoms with E-state index >= 15 is 0 Å². The number of terminal acetylenes is 1. The minimum absolute atomic E-state index is 0.0858. The van der Waals surface area contributed by atoms with Gasteiger partial charge in [0.1, 0.15) is 23.6 Å². The highest BCUT2D eigenvalue weighted by atomic mass is 16.6. The lowest BCUT2D eigenvalue weighted by atomic mass is 9.95. The Balaban J connectivity index is 4.21. The summed E-state index contributed by atoms with van der Waals surface area (Å²) in [4.78, 5) is 36.3. The Bertz CT molecular complexity index is 946. The summed E-state index contributed by atoms with van der Waals surface area (Å²) in [5, 5.41) is 5.26. The Morgan fingerprint density at radius 3 is 1.11 bits per heavy atom. The van der Waals surface area contributed by atoms with Crippen molar-refractivity contribution >= 4 is 18.0 Å². The monoisotopic (exact) mass is 808 g/mol. The largest absolute Gasteiger partial charge is 0.444 e. The van der Waals surface area contributed by atoms with E-state index in [1.165, 1.54) is 0 Å². The topological polar surface area (TPSA) is 186 Å². The molecule has 17 nitrogen and oxygen atoms in total. The van der Waals surface area contributed by atoms with Gasteiger partial charge in [-0.3, -0.25) is 4.79 Å². The summed E-state index contributed by atoms with van der Waals surface area (Å²) in [6.07, 6.45) is 5.52. The standard InChI is InChI=1S/C39H72N2O15/c1-8-14-45-20-26-51-32-33-54-29-23-48-17-11-35(42)34(9-15-46-21-27-52-30-24-49-18-12-40-36(43)55-38(2,3)4)10-16-47-22-28-53-31-25-50-19-13-41-37(44)56-39(5,6)7/h1,34H,9-33H2,2-7H3,(H,40,43)(H,41,44). The first-order valence-electron chi connectivity index (χ1n) is 19.5. The second kappa shape index (κ2) is 36.7. The molecule has 0 unspecified atom stereocenters. The van der Waals surface area contributed by atoms with Crippen LogP contribution in [0.3, 0.4) is 0 Å². The van der Waals surface area contributed by atoms with E-state index in [0.29, 0.717) is 151 Å². The van der Waals surface area contributed by atoms with Gasteiger partial charge in [-0.1, -0.05) is 5.92 Å². The molecular formula is C39H72N2O15. The van der Waals surface area contributed by atoms with Gasteiger partial charge in [0.2, 0.25) is 0 Å². The van der Waals surface area contributed by atoms with E-state index in [1.807, 2.05) is 0 Å². The van der Waals surface area contributed by atoms with Crippen molar-refractivity contribution in [3.63, 3.8) is 0 Å². The lowest BCUT2D eigenvalue weighted by Crippen LogP contribution is -2.34. The summed E-state index contributed by atoms with van der Waals surface area (Å²) in [5.74, 6) is 2.23. The molecule has 2 amide bonds. The van der Waals surface area contributed by atoms with Gasteiger partial charge < -0.3 is 67.5 Å². The molecule has 0 aromatic heterocycles. The average Bonchev–Trinajstić information content (AvgIpc) is 3.11. The highest BCUT2D eigenvalue weighted by Crippen LogP contribution is 2.14. The van der Waals surface area contributed by atoms with Crippen molar-refractivity contribution in [3.8, 4) is 12.3 Å². The van der Waals surface area contributed by atoms with E-state index in [4.69, 9.17) is 63.3 Å². The summed E-state index contributed by atoms with van der Waals surface area (Å²) in [6.45, 7) is 19.2. The minimum atomic E-state index is -0.546. The third-order valence-electron chi connectivity index (χ3n) is 6.79. The van der Waals surface area contributed by atoms with Crippen LogP contribution in [-0.2, 0) is 61.6 Å². The van der Waals surface area contributed by atoms with Gasteiger partial charge >= 0.3 is 12.2 Å². The number of carbonyl (C=O) groups excluding carboxylic acids is 3. The number of alkyl carbamates (subject to hydrolysis) is 2. The Morgan fingerprint density at radius 2 is 0.768 bits per heavy atom. The zero-order valence-corrected chi connectivity index (χ0v) is 35.0. The van der Waals surface area contributed by atoms with Crippen LogP contribution in [0.25, 0.3) is 0 Å². The van der Waals surface area contributed by atoms with Crippen molar-refractivity contribution in [1.82, 2.24) is 10.6 Å². The number of nitrogens with one attached hydrogen (secondary N) is 2. The van der Waals surface area contributed by atoms with Crippen molar-refractivity contribution in [2.45, 2.75) is 72.0 Å². The maximum atomic E-state index is 13.1. The van der Waals surface area contributed by atoms with Crippen LogP contribution >= 0.6 is 0 Å². The van der Waals surface area contributed by atoms with Gasteiger partial charge in [-0.25, -0.2) is 9.59 Å². The summed E-state index contributed by atoms with van der Waals surface area (Å²) in [5.41, 5.74) is -1.09. The molecule has 17 heteroatoms. The predicted molar refractivity (Wildman–Crippen MR) is 208 cm³/mol. The third-order valence-corrected chi connectivity index (χ3v) is 6.79. The SMILES string of the molecule is C#CCOCCOCCOCCOCCC(=O)C(CCOCCOCCOCCNC(=O)OC(C)(C)C)CCOCCOCCOCCNC(=O)OC(C)(C)C. The van der Waals surface area contributed by atoms with Crippen LogP contribution in [-0.4, -0.2) is 174 Å². The number of ketones is 1. The van der Waals surface area contributed by atoms with E-state index in [2.05, 4.69) is 16.6 Å². The fourth-order valence-electron chi connectivity index (χ4n) is 4.25. The number of amides is 2. The molecule has 0 aromatic carbocycles. The number of carbonyl (C=O) groups is 3. The first-order chi connectivity index (χ1) is 26.8. The zero-order valence-electron chi connectivity index (χ0n) is 35.0. The summed E-state index contributed by atoms with van der Waals surface area (Å²) < 4.78 is 65.4. The molecule has 0 radical (unpaired) electrons. The second-order valence-corrected chi connectivity index (χ2v) is 14.1. The van der Waals surface area contributed by atoms with E-state index in [0.717, 1.165) is 0 Å². The first kappa shape index (κ1) is 53.4. The molecule has 0 aliphatic rings. The van der Waals surface area contributed by atoms with Gasteiger partial charge in [-0.2, -0.15) is 0 Å². The van der Waals surface area contributed by atoms with Crippen molar-refractivity contribution in [3.05, 3.63) is 0 Å². The fourth-order valence-corrected chi connectivity index (χ4v) is 4.25. The lowest BCUT2D eigenvalue weighted by Gasteiger charge is -2.19. The molecule has 0 saturated carbocycles. The fraction of sp³-hybridized carbons (Fsp3) is 0.872. The minimum Gasteiger partial charge on any atom is -0.444 e. The highest BCUT2D eigenvalue weighted by molar-refractivity contribution is 5.81. The van der Waals surface area contributed by atoms with Crippen molar-refractivity contribution in [2.75, 3.05) is 145 Å². The van der Waals surface area contributed by atoms with E-state index in [-0.39, 0.29) is 24.7 Å². The molecule has 2 N–H and O–H groups in total. The first-order valence-corrected chi connectivity index (χ1v) is 19.5. The highest BCUT2D eigenvalue weighted by Gasteiger charge is 2.19. The number of hydrogen-bond donors (Lipinski definition) is 2. The molecule has 0 fully saturated rings. The van der Waals surface area contributed by atoms with Crippen LogP contribution in [0.4, 0.5) is 9.59 Å². The van der Waals surface area contributed by atoms with Gasteiger partial charge in [0.25, 0.3) is 0 Å². The summed E-state index contributed by atoms with van der Waals surface area (Å²) in [6, 6.07) is 0. The zero-order chi connectivity index (χ0) is 41.6. The van der Waals surface area contributed by atoms with Crippen LogP contribution in [0.15, 0.2) is 0 Å². The molecule has 0 atom stereocenters. The molecule has 0 spiro atoms. The maximum absolute atomic E-state index is 13.1. The molecule has 0 aromatic rings. The Labute approximate surface area is 335 Å². The molecule has 0 bridgehead atoms. The number of Topliss-reactive ketones (excluding diaryl/α,β-unsaturated/α-hetero) is 1. The van der Waals surface area contributed by atoms with Crippen LogP contribution in [0.2, 0.25) is 0 Å². The lowest BCUT2D eigenvalue weighted by molar-refractivity contribution is -0.125. The quantitative estimate of drug-likeness (QED) is 0.0684. The number of hydrogen-bond acceptors (Lipinski definition) is 15. The van der Waals surface area contributed by atoms with Crippen LogP contribution < -0.4 is 10.6 Å². The molecule has 0 heterocycles. The van der Waals surface area contributed by atoms with Crippen molar-refractivity contribution in [2.24, 2.45) is 5.92 Å². The van der Waals surface area contributed by atoms with E-state index < -0.39 is 23.4 Å². The predicted octanol–water partition coefficient (Wildman–Crippen LogP) is 3.19. The molecule has 328 valence electrons. The molecule has 0 saturated heterocycles.